The van der Waals surface area contributed by atoms with Crippen molar-refractivity contribution in [3.05, 3.63) is 77.0 Å². The van der Waals surface area contributed by atoms with E-state index in [1.807, 2.05) is 68.4 Å². The molecule has 0 aromatic heterocycles. The Labute approximate surface area is 154 Å². The first-order chi connectivity index (χ1) is 12.5. The minimum atomic E-state index is -0.310. The molecule has 2 N–H and O–H groups in total. The topological polar surface area (TPSA) is 61.4 Å². The Balaban J connectivity index is 2.17. The van der Waals surface area contributed by atoms with Gasteiger partial charge in [-0.05, 0) is 44.8 Å². The number of aryl methyl sites for hydroxylation is 1. The normalized spacial score (nSPS) is 11.3. The average Bonchev–Trinajstić information content (AvgIpc) is 2.62. The van der Waals surface area contributed by atoms with Crippen LogP contribution in [0.3, 0.4) is 0 Å². The largest absolute Gasteiger partial charge is 0.349 e. The van der Waals surface area contributed by atoms with Crippen LogP contribution < -0.4 is 10.6 Å². The lowest BCUT2D eigenvalue weighted by Gasteiger charge is -2.13. The molecule has 0 fully saturated rings. The van der Waals surface area contributed by atoms with Crippen molar-refractivity contribution in [1.82, 2.24) is 15.5 Å². The first-order valence-electron chi connectivity index (χ1n) is 8.53. The lowest BCUT2D eigenvalue weighted by atomic mass is 10.1. The number of nitrogens with one attached hydrogen (secondary N) is 2. The van der Waals surface area contributed by atoms with Crippen LogP contribution in [-0.4, -0.2) is 43.9 Å². The lowest BCUT2D eigenvalue weighted by Crippen LogP contribution is -2.37. The zero-order chi connectivity index (χ0) is 18.9. The molecule has 0 unspecified atom stereocenters. The summed E-state index contributed by atoms with van der Waals surface area (Å²) >= 11 is 0. The summed E-state index contributed by atoms with van der Waals surface area (Å²) < 4.78 is 0. The molecule has 2 rings (SSSR count). The van der Waals surface area contributed by atoms with Gasteiger partial charge >= 0.3 is 0 Å². The molecular weight excluding hydrogens is 326 g/mol. The standard InChI is InChI=1S/C21H25N3O2/c1-16-9-11-18(12-10-16)20(25)23-19(15-17-7-5-4-6-8-17)21(26)22-13-14-24(2)3/h4-12,15H,13-14H2,1-3H3,(H,22,26)(H,23,25). The third-order valence-corrected chi connectivity index (χ3v) is 3.76. The number of likely N-dealkylation sites (N-methyl/N-ethyl adjacent to an activating group) is 1. The van der Waals surface area contributed by atoms with Crippen LogP contribution >= 0.6 is 0 Å². The van der Waals surface area contributed by atoms with Crippen LogP contribution in [0.2, 0.25) is 0 Å². The average molecular weight is 351 g/mol. The van der Waals surface area contributed by atoms with Crippen molar-refractivity contribution in [2.75, 3.05) is 27.2 Å². The van der Waals surface area contributed by atoms with Crippen LogP contribution in [0.4, 0.5) is 0 Å². The first kappa shape index (κ1) is 19.4. The quantitative estimate of drug-likeness (QED) is 0.753. The smallest absolute Gasteiger partial charge is 0.267 e. The highest BCUT2D eigenvalue weighted by Gasteiger charge is 2.14. The van der Waals surface area contributed by atoms with E-state index in [0.29, 0.717) is 12.1 Å². The van der Waals surface area contributed by atoms with Gasteiger partial charge in [-0.2, -0.15) is 0 Å². The maximum atomic E-state index is 12.5. The van der Waals surface area contributed by atoms with Gasteiger partial charge in [0.05, 0.1) is 0 Å². The van der Waals surface area contributed by atoms with Crippen molar-refractivity contribution in [3.8, 4) is 0 Å². The van der Waals surface area contributed by atoms with Gasteiger partial charge in [0.15, 0.2) is 0 Å². The minimum Gasteiger partial charge on any atom is -0.349 e. The van der Waals surface area contributed by atoms with Crippen molar-refractivity contribution in [2.24, 2.45) is 0 Å². The summed E-state index contributed by atoms with van der Waals surface area (Å²) in [5.74, 6) is -0.619. The van der Waals surface area contributed by atoms with E-state index in [1.165, 1.54) is 0 Å². The predicted octanol–water partition coefficient (Wildman–Crippen LogP) is 2.44. The second-order valence-corrected chi connectivity index (χ2v) is 6.35. The summed E-state index contributed by atoms with van der Waals surface area (Å²) in [7, 11) is 3.87. The zero-order valence-corrected chi connectivity index (χ0v) is 15.5. The van der Waals surface area contributed by atoms with Gasteiger partial charge < -0.3 is 15.5 Å². The summed E-state index contributed by atoms with van der Waals surface area (Å²) in [4.78, 5) is 27.0. The van der Waals surface area contributed by atoms with Gasteiger partial charge in [0, 0.05) is 18.7 Å². The van der Waals surface area contributed by atoms with Crippen LogP contribution in [0.1, 0.15) is 21.5 Å². The number of hydrogen-bond donors (Lipinski definition) is 2. The molecule has 0 heterocycles. The number of carbonyl (C=O) groups excluding carboxylic acids is 2. The van der Waals surface area contributed by atoms with Crippen LogP contribution in [0.5, 0.6) is 0 Å². The molecule has 0 radical (unpaired) electrons. The molecule has 136 valence electrons. The van der Waals surface area contributed by atoms with Gasteiger partial charge in [-0.3, -0.25) is 9.59 Å². The maximum Gasteiger partial charge on any atom is 0.267 e. The summed E-state index contributed by atoms with van der Waals surface area (Å²) in [6, 6.07) is 16.7. The molecule has 0 aliphatic rings. The van der Waals surface area contributed by atoms with Gasteiger partial charge in [0.1, 0.15) is 5.70 Å². The number of benzene rings is 2. The molecule has 5 heteroatoms. The Kier molecular flexibility index (Phi) is 7.12. The lowest BCUT2D eigenvalue weighted by molar-refractivity contribution is -0.117. The minimum absolute atomic E-state index is 0.223. The molecule has 0 aliphatic carbocycles. The van der Waals surface area contributed by atoms with Gasteiger partial charge in [0.2, 0.25) is 0 Å². The third kappa shape index (κ3) is 6.18. The van der Waals surface area contributed by atoms with E-state index in [-0.39, 0.29) is 17.5 Å². The number of nitrogens with zero attached hydrogens (tertiary/aromatic N) is 1. The Hall–Kier alpha value is -2.92. The van der Waals surface area contributed by atoms with Crippen molar-refractivity contribution >= 4 is 17.9 Å². The molecule has 26 heavy (non-hydrogen) atoms. The van der Waals surface area contributed by atoms with E-state index in [9.17, 15) is 9.59 Å². The highest BCUT2D eigenvalue weighted by Crippen LogP contribution is 2.08. The monoisotopic (exact) mass is 351 g/mol. The van der Waals surface area contributed by atoms with E-state index in [1.54, 1.807) is 18.2 Å². The summed E-state index contributed by atoms with van der Waals surface area (Å²) in [6.45, 7) is 3.18. The molecule has 0 bridgehead atoms. The Morgan fingerprint density at radius 2 is 1.65 bits per heavy atom. The second-order valence-electron chi connectivity index (χ2n) is 6.35. The Morgan fingerprint density at radius 1 is 1.00 bits per heavy atom. The molecular formula is C21H25N3O2. The van der Waals surface area contributed by atoms with Crippen LogP contribution in [-0.2, 0) is 4.79 Å². The van der Waals surface area contributed by atoms with E-state index in [4.69, 9.17) is 0 Å². The number of hydrogen-bond acceptors (Lipinski definition) is 3. The summed E-state index contributed by atoms with van der Waals surface area (Å²) in [5.41, 5.74) is 2.65. The highest BCUT2D eigenvalue weighted by molar-refractivity contribution is 6.05. The van der Waals surface area contributed by atoms with Crippen LogP contribution in [0, 0.1) is 6.92 Å². The van der Waals surface area contributed by atoms with Crippen LogP contribution in [0.25, 0.3) is 6.08 Å². The first-order valence-corrected chi connectivity index (χ1v) is 8.53. The molecule has 2 amide bonds. The molecule has 0 saturated carbocycles. The van der Waals surface area contributed by atoms with E-state index < -0.39 is 0 Å². The van der Waals surface area contributed by atoms with Crippen molar-refractivity contribution in [3.63, 3.8) is 0 Å². The van der Waals surface area contributed by atoms with Crippen molar-refractivity contribution < 1.29 is 9.59 Å². The predicted molar refractivity (Wildman–Crippen MR) is 105 cm³/mol. The van der Waals surface area contributed by atoms with E-state index in [2.05, 4.69) is 10.6 Å². The zero-order valence-electron chi connectivity index (χ0n) is 15.5. The second kappa shape index (κ2) is 9.53. The van der Waals surface area contributed by atoms with Gasteiger partial charge in [0.25, 0.3) is 11.8 Å². The molecule has 0 spiro atoms. The van der Waals surface area contributed by atoms with E-state index in [0.717, 1.165) is 17.7 Å². The number of amides is 2. The fourth-order valence-corrected chi connectivity index (χ4v) is 2.26. The SMILES string of the molecule is Cc1ccc(C(=O)NC(=Cc2ccccc2)C(=O)NCCN(C)C)cc1. The molecule has 2 aromatic rings. The van der Waals surface area contributed by atoms with Gasteiger partial charge in [-0.1, -0.05) is 48.0 Å². The molecule has 0 saturated heterocycles. The maximum absolute atomic E-state index is 12.5. The third-order valence-electron chi connectivity index (χ3n) is 3.76. The van der Waals surface area contributed by atoms with Crippen molar-refractivity contribution in [2.45, 2.75) is 6.92 Å². The molecule has 2 aromatic carbocycles. The number of rotatable bonds is 7. The molecule has 0 atom stereocenters. The highest BCUT2D eigenvalue weighted by atomic mass is 16.2. The fourth-order valence-electron chi connectivity index (χ4n) is 2.26. The fraction of sp³-hybridized carbons (Fsp3) is 0.238. The van der Waals surface area contributed by atoms with Gasteiger partial charge in [-0.25, -0.2) is 0 Å². The molecule has 0 aliphatic heterocycles. The summed E-state index contributed by atoms with van der Waals surface area (Å²) in [5, 5.41) is 5.57. The Morgan fingerprint density at radius 3 is 2.27 bits per heavy atom. The number of carbonyl (C=O) groups is 2. The van der Waals surface area contributed by atoms with Crippen molar-refractivity contribution in [1.29, 1.82) is 0 Å². The Bertz CT molecular complexity index is 766. The van der Waals surface area contributed by atoms with Crippen LogP contribution in [0.15, 0.2) is 60.3 Å². The molecule has 5 nitrogen and oxygen atoms in total. The van der Waals surface area contributed by atoms with Gasteiger partial charge in [-0.15, -0.1) is 0 Å². The van der Waals surface area contributed by atoms with E-state index >= 15 is 0 Å². The summed E-state index contributed by atoms with van der Waals surface area (Å²) in [6.07, 6.45) is 1.68.